The van der Waals surface area contributed by atoms with Gasteiger partial charge in [-0.1, -0.05) is 26.7 Å². The minimum absolute atomic E-state index is 0. The molecule has 5 heteroatoms. The molecule has 0 spiro atoms. The van der Waals surface area contributed by atoms with Crippen molar-refractivity contribution < 1.29 is 46.3 Å². The van der Waals surface area contributed by atoms with Crippen LogP contribution < -0.4 is 5.11 Å². The van der Waals surface area contributed by atoms with Crippen molar-refractivity contribution >= 4 is 5.97 Å². The summed E-state index contributed by atoms with van der Waals surface area (Å²) in [4.78, 5) is 8.89. The largest absolute Gasteiger partial charge is 2.00 e. The number of hydrogen-bond donors (Lipinski definition) is 2. The molecular weight excluding hydrogens is 287 g/mol. The van der Waals surface area contributed by atoms with E-state index in [1.165, 1.54) is 0 Å². The molecule has 0 aromatic carbocycles. The van der Waals surface area contributed by atoms with Gasteiger partial charge in [-0.05, 0) is 19.8 Å². The van der Waals surface area contributed by atoms with Crippen molar-refractivity contribution in [3.8, 4) is 0 Å². The molecule has 0 rings (SSSR count). The molecule has 4 nitrogen and oxygen atoms in total. The van der Waals surface area contributed by atoms with Crippen LogP contribution in [-0.2, 0) is 31.0 Å². The Morgan fingerprint density at radius 1 is 1.06 bits per heavy atom. The zero-order chi connectivity index (χ0) is 11.8. The van der Waals surface area contributed by atoms with Gasteiger partial charge in [-0.15, -0.1) is 0 Å². The van der Waals surface area contributed by atoms with Crippen LogP contribution in [0.2, 0.25) is 0 Å². The Morgan fingerprint density at radius 3 is 1.25 bits per heavy atom. The first kappa shape index (κ1) is 29.9. The van der Waals surface area contributed by atoms with E-state index in [0.717, 1.165) is 32.6 Å². The zero-order valence-electron chi connectivity index (χ0n) is 11.0. The van der Waals surface area contributed by atoms with Crippen molar-refractivity contribution in [3.05, 3.63) is 7.43 Å². The third-order valence-corrected chi connectivity index (χ3v) is 1.02. The van der Waals surface area contributed by atoms with Gasteiger partial charge in [-0.25, -0.2) is 0 Å². The number of aliphatic hydroxyl groups excluding tert-OH is 2. The number of aliphatic carboxylic acids is 1. The van der Waals surface area contributed by atoms with E-state index >= 15 is 0 Å². The maximum atomic E-state index is 8.89. The summed E-state index contributed by atoms with van der Waals surface area (Å²) in [5.41, 5.74) is 0. The van der Waals surface area contributed by atoms with Gasteiger partial charge in [0.15, 0.2) is 0 Å². The summed E-state index contributed by atoms with van der Waals surface area (Å²) in [5, 5.41) is 25.0. The standard InChI is InChI=1S/2C4H10O.C2H4O2.CH3.Zr/c2*1-2-3-4-5;1-2(3)4;;/h2*5H,2-4H2,1H3;1H3,(H,3,4);1H3;/q;;;-1;+2/p-1. The molecule has 0 aliphatic rings. The smallest absolute Gasteiger partial charge is 0.550 e. The first-order valence-corrected chi connectivity index (χ1v) is 4.95. The fourth-order valence-corrected chi connectivity index (χ4v) is 0.316. The second-order valence-corrected chi connectivity index (χ2v) is 2.65. The Labute approximate surface area is 119 Å². The molecule has 0 bridgehead atoms. The fourth-order valence-electron chi connectivity index (χ4n) is 0.316. The summed E-state index contributed by atoms with van der Waals surface area (Å²) in [7, 11) is 0. The van der Waals surface area contributed by atoms with Gasteiger partial charge in [-0.3, -0.25) is 0 Å². The van der Waals surface area contributed by atoms with Crippen LogP contribution in [0.5, 0.6) is 0 Å². The number of carbonyl (C=O) groups excluding carboxylic acids is 1. The molecule has 0 radical (unpaired) electrons. The Kier molecular flexibility index (Phi) is 67.6. The fraction of sp³-hybridized carbons (Fsp3) is 0.818. The number of hydrogen-bond acceptors (Lipinski definition) is 4. The SMILES string of the molecule is CC(=O)[O-].CCCCO.CCCCO.[CH3-].[Zr+2]. The average molecular weight is 314 g/mol. The molecule has 16 heavy (non-hydrogen) atoms. The van der Waals surface area contributed by atoms with Crippen molar-refractivity contribution in [1.82, 2.24) is 0 Å². The van der Waals surface area contributed by atoms with Gasteiger partial charge >= 0.3 is 26.2 Å². The maximum absolute atomic E-state index is 8.89. The first-order chi connectivity index (χ1) is 6.56. The van der Waals surface area contributed by atoms with Gasteiger partial charge in [0.25, 0.3) is 0 Å². The molecule has 0 aromatic rings. The minimum atomic E-state index is -1.08. The minimum Gasteiger partial charge on any atom is -0.550 e. The predicted molar refractivity (Wildman–Crippen MR) is 61.1 cm³/mol. The molecule has 0 aliphatic heterocycles. The van der Waals surface area contributed by atoms with Crippen molar-refractivity contribution in [3.63, 3.8) is 0 Å². The molecule has 0 amide bonds. The number of carboxylic acids is 1. The number of unbranched alkanes of at least 4 members (excludes halogenated alkanes) is 2. The molecule has 0 fully saturated rings. The second-order valence-electron chi connectivity index (χ2n) is 2.65. The molecule has 0 saturated heterocycles. The van der Waals surface area contributed by atoms with Crippen LogP contribution in [0.25, 0.3) is 0 Å². The summed E-state index contributed by atoms with van der Waals surface area (Å²) in [6, 6.07) is 0. The van der Waals surface area contributed by atoms with E-state index < -0.39 is 5.97 Å². The van der Waals surface area contributed by atoms with E-state index in [2.05, 4.69) is 13.8 Å². The van der Waals surface area contributed by atoms with Gasteiger partial charge in [0.1, 0.15) is 0 Å². The first-order valence-electron chi connectivity index (χ1n) is 4.95. The average Bonchev–Trinajstić information content (AvgIpc) is 2.07. The number of rotatable bonds is 4. The summed E-state index contributed by atoms with van der Waals surface area (Å²) in [5.74, 6) is -1.08. The van der Waals surface area contributed by atoms with E-state index in [0.29, 0.717) is 13.2 Å². The number of carboxylic acid groups (broad SMARTS) is 1. The van der Waals surface area contributed by atoms with E-state index in [1.807, 2.05) is 0 Å². The predicted octanol–water partition coefficient (Wildman–Crippen LogP) is 0.762. The van der Waals surface area contributed by atoms with E-state index in [9.17, 15) is 0 Å². The normalized spacial score (nSPS) is 6.81. The Bertz CT molecular complexity index is 86.0. The molecule has 2 N–H and O–H groups in total. The Morgan fingerprint density at radius 2 is 1.25 bits per heavy atom. The number of carbonyl (C=O) groups is 1. The van der Waals surface area contributed by atoms with Crippen LogP contribution in [0.4, 0.5) is 0 Å². The summed E-state index contributed by atoms with van der Waals surface area (Å²) >= 11 is 0. The summed E-state index contributed by atoms with van der Waals surface area (Å²) in [6.07, 6.45) is 4.08. The van der Waals surface area contributed by atoms with Crippen LogP contribution in [-0.4, -0.2) is 29.4 Å². The molecule has 98 valence electrons. The van der Waals surface area contributed by atoms with E-state index in [1.54, 1.807) is 0 Å². The van der Waals surface area contributed by atoms with Crippen LogP contribution in [0, 0.1) is 7.43 Å². The number of aliphatic hydroxyl groups is 2. The maximum Gasteiger partial charge on any atom is 2.00 e. The van der Waals surface area contributed by atoms with Crippen molar-refractivity contribution in [1.29, 1.82) is 0 Å². The van der Waals surface area contributed by atoms with E-state index in [4.69, 9.17) is 20.1 Å². The van der Waals surface area contributed by atoms with Gasteiger partial charge in [0.2, 0.25) is 0 Å². The molecule has 0 aromatic heterocycles. The zero-order valence-corrected chi connectivity index (χ0v) is 13.4. The second kappa shape index (κ2) is 36.2. The molecule has 0 atom stereocenters. The van der Waals surface area contributed by atoms with Crippen LogP contribution in [0.15, 0.2) is 0 Å². The quantitative estimate of drug-likeness (QED) is 0.751. The van der Waals surface area contributed by atoms with Crippen LogP contribution >= 0.6 is 0 Å². The molecule has 0 aliphatic carbocycles. The van der Waals surface area contributed by atoms with Crippen molar-refractivity contribution in [2.75, 3.05) is 13.2 Å². The molecule has 0 saturated carbocycles. The van der Waals surface area contributed by atoms with E-state index in [-0.39, 0.29) is 33.6 Å². The van der Waals surface area contributed by atoms with Crippen LogP contribution in [0.3, 0.4) is 0 Å². The molecular formula is C11H26O4Zr. The summed E-state index contributed by atoms with van der Waals surface area (Å²) < 4.78 is 0. The van der Waals surface area contributed by atoms with Crippen molar-refractivity contribution in [2.24, 2.45) is 0 Å². The Hall–Kier alpha value is 0.273. The van der Waals surface area contributed by atoms with Gasteiger partial charge in [0, 0.05) is 19.2 Å². The van der Waals surface area contributed by atoms with Crippen LogP contribution in [0.1, 0.15) is 46.5 Å². The van der Waals surface area contributed by atoms with Gasteiger partial charge < -0.3 is 27.5 Å². The Balaban J connectivity index is -0.0000000358. The van der Waals surface area contributed by atoms with Gasteiger partial charge in [0.05, 0.1) is 0 Å². The monoisotopic (exact) mass is 312 g/mol. The topological polar surface area (TPSA) is 80.6 Å². The van der Waals surface area contributed by atoms with Gasteiger partial charge in [-0.2, -0.15) is 0 Å². The molecule has 0 unspecified atom stereocenters. The summed E-state index contributed by atoms with van der Waals surface area (Å²) in [6.45, 7) is 5.76. The van der Waals surface area contributed by atoms with Crippen molar-refractivity contribution in [2.45, 2.75) is 46.5 Å². The third-order valence-electron chi connectivity index (χ3n) is 1.02. The molecule has 0 heterocycles. The third kappa shape index (κ3) is 138.